The maximum absolute atomic E-state index is 10.6. The summed E-state index contributed by atoms with van der Waals surface area (Å²) >= 11 is 0. The molecule has 0 bridgehead atoms. The summed E-state index contributed by atoms with van der Waals surface area (Å²) in [6, 6.07) is 0. The Morgan fingerprint density at radius 1 is 1.64 bits per heavy atom. The summed E-state index contributed by atoms with van der Waals surface area (Å²) < 4.78 is 5.04. The molecular weight excluding hydrogens is 146 g/mol. The smallest absolute Gasteiger partial charge is 0.179 e. The van der Waals surface area contributed by atoms with Gasteiger partial charge in [0, 0.05) is 6.92 Å². The summed E-state index contributed by atoms with van der Waals surface area (Å²) in [4.78, 5) is 10.6. The predicted molar refractivity (Wildman–Crippen MR) is 41.0 cm³/mol. The zero-order valence-electron chi connectivity index (χ0n) is 7.00. The van der Waals surface area contributed by atoms with E-state index in [0.717, 1.165) is 0 Å². The number of rotatable bonds is 4. The highest BCUT2D eigenvalue weighted by Gasteiger charge is 2.06. The van der Waals surface area contributed by atoms with Crippen molar-refractivity contribution in [3.8, 4) is 0 Å². The van der Waals surface area contributed by atoms with E-state index in [1.807, 2.05) is 13.8 Å². The molecule has 0 aromatic rings. The molecule has 0 fully saturated rings. The monoisotopic (exact) mass is 159 g/mol. The summed E-state index contributed by atoms with van der Waals surface area (Å²) in [6.45, 7) is 5.09. The molecule has 0 amide bonds. The lowest BCUT2D eigenvalue weighted by Gasteiger charge is -2.05. The molecule has 4 heteroatoms. The van der Waals surface area contributed by atoms with E-state index < -0.39 is 0 Å². The number of hydrogen-bond acceptors (Lipinski definition) is 4. The van der Waals surface area contributed by atoms with Gasteiger partial charge in [-0.1, -0.05) is 5.16 Å². The normalized spacial score (nSPS) is 12.2. The Balaban J connectivity index is 3.82. The Morgan fingerprint density at radius 3 is 2.45 bits per heavy atom. The zero-order chi connectivity index (χ0) is 8.85. The van der Waals surface area contributed by atoms with Crippen molar-refractivity contribution < 1.29 is 14.7 Å². The van der Waals surface area contributed by atoms with Gasteiger partial charge in [0.1, 0.15) is 5.71 Å². The fraction of sp³-hybridized carbons (Fsp3) is 0.714. The van der Waals surface area contributed by atoms with Crippen LogP contribution in [0.3, 0.4) is 0 Å². The second-order valence-electron chi connectivity index (χ2n) is 2.46. The minimum absolute atomic E-state index is 0.0334. The van der Waals surface area contributed by atoms with Crippen LogP contribution in [0.25, 0.3) is 0 Å². The van der Waals surface area contributed by atoms with Gasteiger partial charge in [-0.15, -0.1) is 0 Å². The average molecular weight is 159 g/mol. The summed E-state index contributed by atoms with van der Waals surface area (Å²) in [5, 5.41) is 11.1. The number of hydrogen-bond donors (Lipinski definition) is 1. The van der Waals surface area contributed by atoms with Crippen molar-refractivity contribution in [3.05, 3.63) is 0 Å². The van der Waals surface area contributed by atoms with Gasteiger partial charge in [0.2, 0.25) is 0 Å². The number of oxime groups is 1. The van der Waals surface area contributed by atoms with Crippen LogP contribution in [-0.2, 0) is 9.53 Å². The van der Waals surface area contributed by atoms with Gasteiger partial charge in [0.05, 0.1) is 12.7 Å². The molecule has 0 rings (SSSR count). The average Bonchev–Trinajstić information content (AvgIpc) is 1.87. The van der Waals surface area contributed by atoms with Gasteiger partial charge in [0.25, 0.3) is 0 Å². The molecule has 0 aromatic heterocycles. The number of carbonyl (C=O) groups is 1. The van der Waals surface area contributed by atoms with E-state index in [2.05, 4.69) is 5.16 Å². The Bertz CT molecular complexity index is 163. The molecule has 0 saturated carbocycles. The largest absolute Gasteiger partial charge is 0.410 e. The zero-order valence-corrected chi connectivity index (χ0v) is 7.00. The van der Waals surface area contributed by atoms with Gasteiger partial charge >= 0.3 is 0 Å². The van der Waals surface area contributed by atoms with E-state index in [1.165, 1.54) is 6.92 Å². The van der Waals surface area contributed by atoms with Crippen LogP contribution < -0.4 is 0 Å². The molecule has 0 atom stereocenters. The lowest BCUT2D eigenvalue weighted by molar-refractivity contribution is -0.111. The third kappa shape index (κ3) is 4.50. The molecule has 11 heavy (non-hydrogen) atoms. The van der Waals surface area contributed by atoms with E-state index >= 15 is 0 Å². The maximum atomic E-state index is 10.6. The second-order valence-corrected chi connectivity index (χ2v) is 2.46. The highest BCUT2D eigenvalue weighted by molar-refractivity contribution is 6.39. The standard InChI is InChI=1S/C7H13NO3/c1-5(2)11-4-7(8-10)6(3)9/h5,10H,4H2,1-3H3/b8-7+. The summed E-state index contributed by atoms with van der Waals surface area (Å²) in [5.41, 5.74) is 0.0544. The number of nitrogens with zero attached hydrogens (tertiary/aromatic N) is 1. The number of ketones is 1. The topological polar surface area (TPSA) is 58.9 Å². The Hall–Kier alpha value is -0.900. The van der Waals surface area contributed by atoms with Crippen molar-refractivity contribution in [3.63, 3.8) is 0 Å². The first-order valence-electron chi connectivity index (χ1n) is 3.41. The summed E-state index contributed by atoms with van der Waals surface area (Å²) in [6.07, 6.45) is 0.0334. The highest BCUT2D eigenvalue weighted by atomic mass is 16.5. The van der Waals surface area contributed by atoms with Crippen molar-refractivity contribution in [1.29, 1.82) is 0 Å². The minimum Gasteiger partial charge on any atom is -0.410 e. The van der Waals surface area contributed by atoms with Crippen molar-refractivity contribution in [1.82, 2.24) is 0 Å². The van der Waals surface area contributed by atoms with Crippen molar-refractivity contribution in [2.75, 3.05) is 6.61 Å². The summed E-state index contributed by atoms with van der Waals surface area (Å²) in [5.74, 6) is -0.270. The number of Topliss-reactive ketones (excluding diaryl/α,β-unsaturated/α-hetero) is 1. The molecule has 0 saturated heterocycles. The Morgan fingerprint density at radius 2 is 2.18 bits per heavy atom. The van der Waals surface area contributed by atoms with E-state index in [-0.39, 0.29) is 24.2 Å². The van der Waals surface area contributed by atoms with Crippen LogP contribution >= 0.6 is 0 Å². The SMILES string of the molecule is CC(=O)/C(COC(C)C)=N/O. The number of ether oxygens (including phenoxy) is 1. The van der Waals surface area contributed by atoms with Crippen molar-refractivity contribution in [2.45, 2.75) is 26.9 Å². The Kier molecular flexibility index (Phi) is 4.45. The number of carbonyl (C=O) groups excluding carboxylic acids is 1. The predicted octanol–water partition coefficient (Wildman–Crippen LogP) is 0.831. The van der Waals surface area contributed by atoms with Gasteiger partial charge < -0.3 is 9.94 Å². The van der Waals surface area contributed by atoms with Crippen molar-refractivity contribution >= 4 is 11.5 Å². The van der Waals surface area contributed by atoms with Gasteiger partial charge in [-0.3, -0.25) is 4.79 Å². The molecule has 0 unspecified atom stereocenters. The molecule has 0 aliphatic heterocycles. The van der Waals surface area contributed by atoms with Crippen LogP contribution in [0.15, 0.2) is 5.16 Å². The van der Waals surface area contributed by atoms with Crippen LogP contribution in [0.1, 0.15) is 20.8 Å². The molecule has 0 radical (unpaired) electrons. The van der Waals surface area contributed by atoms with Crippen LogP contribution in [-0.4, -0.2) is 29.4 Å². The quantitative estimate of drug-likeness (QED) is 0.375. The second kappa shape index (κ2) is 4.85. The first kappa shape index (κ1) is 10.1. The molecule has 0 aliphatic carbocycles. The summed E-state index contributed by atoms with van der Waals surface area (Å²) in [7, 11) is 0. The third-order valence-electron chi connectivity index (χ3n) is 1.08. The molecule has 0 aliphatic rings. The lowest BCUT2D eigenvalue weighted by Crippen LogP contribution is -2.19. The van der Waals surface area contributed by atoms with Crippen LogP contribution in [0.4, 0.5) is 0 Å². The van der Waals surface area contributed by atoms with E-state index in [4.69, 9.17) is 9.94 Å². The van der Waals surface area contributed by atoms with Crippen LogP contribution in [0.5, 0.6) is 0 Å². The van der Waals surface area contributed by atoms with Crippen LogP contribution in [0, 0.1) is 0 Å². The van der Waals surface area contributed by atoms with E-state index in [0.29, 0.717) is 0 Å². The first-order chi connectivity index (χ1) is 5.07. The molecule has 0 heterocycles. The van der Waals surface area contributed by atoms with Gasteiger partial charge in [-0.25, -0.2) is 0 Å². The van der Waals surface area contributed by atoms with Crippen LogP contribution in [0.2, 0.25) is 0 Å². The molecular formula is C7H13NO3. The lowest BCUT2D eigenvalue weighted by atomic mass is 10.3. The molecule has 64 valence electrons. The van der Waals surface area contributed by atoms with Gasteiger partial charge in [-0.2, -0.15) is 0 Å². The van der Waals surface area contributed by atoms with Gasteiger partial charge in [0.15, 0.2) is 5.78 Å². The first-order valence-corrected chi connectivity index (χ1v) is 3.41. The van der Waals surface area contributed by atoms with E-state index in [9.17, 15) is 4.79 Å². The maximum Gasteiger partial charge on any atom is 0.179 e. The molecule has 4 nitrogen and oxygen atoms in total. The molecule has 0 aromatic carbocycles. The minimum atomic E-state index is -0.270. The van der Waals surface area contributed by atoms with Crippen molar-refractivity contribution in [2.24, 2.45) is 5.16 Å². The van der Waals surface area contributed by atoms with Gasteiger partial charge in [-0.05, 0) is 13.8 Å². The molecule has 0 spiro atoms. The highest BCUT2D eigenvalue weighted by Crippen LogP contribution is 1.89. The third-order valence-corrected chi connectivity index (χ3v) is 1.08. The van der Waals surface area contributed by atoms with E-state index in [1.54, 1.807) is 0 Å². The molecule has 1 N–H and O–H groups in total. The fourth-order valence-electron chi connectivity index (χ4n) is 0.447. The Labute approximate surface area is 65.8 Å². The fourth-order valence-corrected chi connectivity index (χ4v) is 0.447.